The minimum absolute atomic E-state index is 0.166. The van der Waals surface area contributed by atoms with Crippen LogP contribution in [0.4, 0.5) is 0 Å². The molecule has 3 heterocycles. The molecule has 92 valence electrons. The van der Waals surface area contributed by atoms with Gasteiger partial charge >= 0.3 is 0 Å². The number of tetrazole rings is 1. The molecule has 0 radical (unpaired) electrons. The van der Waals surface area contributed by atoms with Crippen LogP contribution in [0.3, 0.4) is 0 Å². The number of nitrogens with one attached hydrogen (secondary N) is 1. The molecule has 3 N–H and O–H groups in total. The van der Waals surface area contributed by atoms with Crippen LogP contribution in [0.5, 0.6) is 0 Å². The molecule has 0 saturated heterocycles. The molecule has 0 aromatic carbocycles. The van der Waals surface area contributed by atoms with Gasteiger partial charge in [-0.25, -0.2) is 0 Å². The smallest absolute Gasteiger partial charge is 0.275 e. The summed E-state index contributed by atoms with van der Waals surface area (Å²) in [5.41, 5.74) is 6.40. The van der Waals surface area contributed by atoms with Crippen LogP contribution < -0.4 is 11.3 Å². The maximum absolute atomic E-state index is 12.0. The van der Waals surface area contributed by atoms with Gasteiger partial charge in [-0.15, -0.1) is 14.8 Å². The molecule has 0 aliphatic rings. The Hall–Kier alpha value is -2.55. The molecule has 0 fully saturated rings. The van der Waals surface area contributed by atoms with Crippen LogP contribution in [0, 0.1) is 0 Å². The second-order valence-corrected chi connectivity index (χ2v) is 3.70. The molecule has 0 saturated carbocycles. The fourth-order valence-electron chi connectivity index (χ4n) is 1.67. The molecule has 0 amide bonds. The molecule has 0 aliphatic carbocycles. The fourth-order valence-corrected chi connectivity index (χ4v) is 1.67. The van der Waals surface area contributed by atoms with Gasteiger partial charge in [0, 0.05) is 11.8 Å². The summed E-state index contributed by atoms with van der Waals surface area (Å²) in [5, 5.41) is 17.8. The molecule has 9 heteroatoms. The summed E-state index contributed by atoms with van der Waals surface area (Å²) in [6.07, 6.45) is 2.15. The molecule has 0 bridgehead atoms. The van der Waals surface area contributed by atoms with Gasteiger partial charge in [0.15, 0.2) is 11.5 Å². The summed E-state index contributed by atoms with van der Waals surface area (Å²) in [4.78, 5) is 12.0. The van der Waals surface area contributed by atoms with E-state index in [9.17, 15) is 4.79 Å². The zero-order valence-electron chi connectivity index (χ0n) is 9.32. The van der Waals surface area contributed by atoms with E-state index in [0.29, 0.717) is 30.0 Å². The van der Waals surface area contributed by atoms with Gasteiger partial charge in [-0.05, 0) is 35.5 Å². The van der Waals surface area contributed by atoms with Gasteiger partial charge < -0.3 is 5.73 Å². The number of hydrogen-bond donors (Lipinski definition) is 2. The van der Waals surface area contributed by atoms with E-state index in [1.165, 1.54) is 9.31 Å². The topological polar surface area (TPSA) is 120 Å². The summed E-state index contributed by atoms with van der Waals surface area (Å²) in [6, 6.07) is 3.34. The SMILES string of the molecule is NCCc1c[nH]n(-c2ccc3nnnn3n2)c1=O. The highest BCUT2D eigenvalue weighted by atomic mass is 16.1. The molecular weight excluding hydrogens is 236 g/mol. The van der Waals surface area contributed by atoms with E-state index in [1.54, 1.807) is 18.3 Å². The summed E-state index contributed by atoms with van der Waals surface area (Å²) >= 11 is 0. The van der Waals surface area contributed by atoms with Gasteiger partial charge in [0.2, 0.25) is 0 Å². The van der Waals surface area contributed by atoms with Crippen LogP contribution in [0.1, 0.15) is 5.56 Å². The van der Waals surface area contributed by atoms with Gasteiger partial charge in [0.1, 0.15) is 0 Å². The first-order valence-corrected chi connectivity index (χ1v) is 5.35. The zero-order valence-corrected chi connectivity index (χ0v) is 9.32. The van der Waals surface area contributed by atoms with E-state index in [-0.39, 0.29) is 5.56 Å². The van der Waals surface area contributed by atoms with Crippen molar-refractivity contribution >= 4 is 5.65 Å². The predicted molar refractivity (Wildman–Crippen MR) is 61.3 cm³/mol. The minimum atomic E-state index is -0.166. The van der Waals surface area contributed by atoms with Crippen molar-refractivity contribution in [1.29, 1.82) is 0 Å². The lowest BCUT2D eigenvalue weighted by atomic mass is 10.2. The van der Waals surface area contributed by atoms with Crippen LogP contribution in [0.15, 0.2) is 23.1 Å². The number of aromatic amines is 1. The molecule has 0 atom stereocenters. The zero-order chi connectivity index (χ0) is 12.5. The lowest BCUT2D eigenvalue weighted by molar-refractivity contribution is 0.695. The number of nitrogens with zero attached hydrogens (tertiary/aromatic N) is 6. The van der Waals surface area contributed by atoms with E-state index in [2.05, 4.69) is 25.7 Å². The van der Waals surface area contributed by atoms with Gasteiger partial charge in [0.05, 0.1) is 0 Å². The Labute approximate surface area is 100 Å². The predicted octanol–water partition coefficient (Wildman–Crippen LogP) is -1.50. The molecule has 0 unspecified atom stereocenters. The van der Waals surface area contributed by atoms with Gasteiger partial charge in [-0.2, -0.15) is 4.68 Å². The van der Waals surface area contributed by atoms with Crippen LogP contribution in [-0.4, -0.2) is 41.6 Å². The number of rotatable bonds is 3. The summed E-state index contributed by atoms with van der Waals surface area (Å²) in [7, 11) is 0. The Bertz CT molecular complexity index is 738. The number of aromatic nitrogens is 7. The van der Waals surface area contributed by atoms with Crippen molar-refractivity contribution in [2.24, 2.45) is 5.73 Å². The Morgan fingerprint density at radius 3 is 3.11 bits per heavy atom. The van der Waals surface area contributed by atoms with E-state index >= 15 is 0 Å². The highest BCUT2D eigenvalue weighted by molar-refractivity contribution is 5.36. The van der Waals surface area contributed by atoms with E-state index in [4.69, 9.17) is 5.73 Å². The average molecular weight is 246 g/mol. The summed E-state index contributed by atoms with van der Waals surface area (Å²) < 4.78 is 2.58. The molecular formula is C9H10N8O. The number of fused-ring (bicyclic) bond motifs is 1. The lowest BCUT2D eigenvalue weighted by Gasteiger charge is -1.99. The Morgan fingerprint density at radius 2 is 2.28 bits per heavy atom. The molecule has 18 heavy (non-hydrogen) atoms. The highest BCUT2D eigenvalue weighted by Crippen LogP contribution is 2.02. The van der Waals surface area contributed by atoms with Gasteiger partial charge in [-0.3, -0.25) is 9.89 Å². The Balaban J connectivity index is 2.11. The third-order valence-corrected chi connectivity index (χ3v) is 2.54. The Kier molecular flexibility index (Phi) is 2.38. The van der Waals surface area contributed by atoms with Crippen LogP contribution in [0.25, 0.3) is 11.5 Å². The first kappa shape index (κ1) is 10.6. The molecule has 3 aromatic heterocycles. The third kappa shape index (κ3) is 1.57. The molecule has 9 nitrogen and oxygen atoms in total. The van der Waals surface area contributed by atoms with Crippen molar-refractivity contribution in [3.63, 3.8) is 0 Å². The van der Waals surface area contributed by atoms with Crippen molar-refractivity contribution in [2.75, 3.05) is 6.54 Å². The van der Waals surface area contributed by atoms with Gasteiger partial charge in [-0.1, -0.05) is 0 Å². The quantitative estimate of drug-likeness (QED) is 0.580. The third-order valence-electron chi connectivity index (χ3n) is 2.54. The first-order chi connectivity index (χ1) is 8.79. The van der Waals surface area contributed by atoms with Gasteiger partial charge in [0.25, 0.3) is 5.56 Å². The molecule has 0 spiro atoms. The molecule has 3 aromatic rings. The van der Waals surface area contributed by atoms with Crippen molar-refractivity contribution in [1.82, 2.24) is 35.0 Å². The minimum Gasteiger partial charge on any atom is -0.330 e. The maximum Gasteiger partial charge on any atom is 0.275 e. The van der Waals surface area contributed by atoms with Crippen molar-refractivity contribution in [3.05, 3.63) is 34.2 Å². The highest BCUT2D eigenvalue weighted by Gasteiger charge is 2.09. The average Bonchev–Trinajstić information content (AvgIpc) is 2.97. The lowest BCUT2D eigenvalue weighted by Crippen LogP contribution is -2.20. The number of H-pyrrole nitrogens is 1. The Morgan fingerprint density at radius 1 is 1.39 bits per heavy atom. The largest absolute Gasteiger partial charge is 0.330 e. The van der Waals surface area contributed by atoms with Crippen LogP contribution in [0.2, 0.25) is 0 Å². The fraction of sp³-hybridized carbons (Fsp3) is 0.222. The maximum atomic E-state index is 12.0. The van der Waals surface area contributed by atoms with E-state index < -0.39 is 0 Å². The first-order valence-electron chi connectivity index (χ1n) is 5.35. The van der Waals surface area contributed by atoms with Crippen LogP contribution >= 0.6 is 0 Å². The molecule has 0 aliphatic heterocycles. The second kappa shape index (κ2) is 4.04. The van der Waals surface area contributed by atoms with Crippen LogP contribution in [-0.2, 0) is 6.42 Å². The number of nitrogens with two attached hydrogens (primary N) is 1. The van der Waals surface area contributed by atoms with E-state index in [0.717, 1.165) is 0 Å². The number of hydrogen-bond acceptors (Lipinski definition) is 6. The summed E-state index contributed by atoms with van der Waals surface area (Å²) in [6.45, 7) is 0.423. The van der Waals surface area contributed by atoms with Crippen molar-refractivity contribution < 1.29 is 0 Å². The van der Waals surface area contributed by atoms with Crippen molar-refractivity contribution in [3.8, 4) is 5.82 Å². The monoisotopic (exact) mass is 246 g/mol. The standard InChI is InChI=1S/C9H10N8O/c10-4-3-6-5-11-16(9(6)18)8-2-1-7-12-14-15-17(7)13-8/h1-2,5,11H,3-4,10H2. The van der Waals surface area contributed by atoms with E-state index in [1.807, 2.05) is 0 Å². The second-order valence-electron chi connectivity index (χ2n) is 3.70. The summed E-state index contributed by atoms with van der Waals surface area (Å²) in [5.74, 6) is 0.420. The normalized spacial score (nSPS) is 11.2. The van der Waals surface area contributed by atoms with Crippen molar-refractivity contribution in [2.45, 2.75) is 6.42 Å². The molecule has 3 rings (SSSR count).